The Kier molecular flexibility index (Phi) is 15.1. The fourth-order valence-electron chi connectivity index (χ4n) is 4.24. The topological polar surface area (TPSA) is 158 Å². The molecular formula is C36H43N3O9. The minimum Gasteiger partial charge on any atom is -0.461 e. The fraction of sp³-hybridized carbons (Fsp3) is 0.361. The predicted molar refractivity (Wildman–Crippen MR) is 175 cm³/mol. The molecule has 0 fully saturated rings. The molecule has 0 saturated carbocycles. The summed E-state index contributed by atoms with van der Waals surface area (Å²) in [5.74, 6) is -2.68. The van der Waals surface area contributed by atoms with Crippen LogP contribution in [0.5, 0.6) is 0 Å². The summed E-state index contributed by atoms with van der Waals surface area (Å²) in [6.45, 7) is 5.10. The Balaban J connectivity index is 1.65. The molecule has 12 heteroatoms. The summed E-state index contributed by atoms with van der Waals surface area (Å²) in [4.78, 5) is 69.7. The highest BCUT2D eigenvalue weighted by Gasteiger charge is 2.30. The first-order chi connectivity index (χ1) is 23.0. The second-order valence-corrected chi connectivity index (χ2v) is 11.9. The van der Waals surface area contributed by atoms with Crippen LogP contribution in [0.15, 0.2) is 91.0 Å². The molecule has 3 aromatic carbocycles. The van der Waals surface area contributed by atoms with E-state index in [-0.39, 0.29) is 45.5 Å². The largest absolute Gasteiger partial charge is 0.461 e. The molecule has 256 valence electrons. The average molecular weight is 662 g/mol. The zero-order valence-corrected chi connectivity index (χ0v) is 27.4. The molecule has 2 unspecified atom stereocenters. The van der Waals surface area contributed by atoms with Gasteiger partial charge in [-0.3, -0.25) is 19.2 Å². The average Bonchev–Trinajstić information content (AvgIpc) is 3.07. The first kappa shape index (κ1) is 37.2. The minimum absolute atomic E-state index is 0.0498. The monoisotopic (exact) mass is 661 g/mol. The quantitative estimate of drug-likeness (QED) is 0.106. The number of alkyl carbamates (subject to hydrolysis) is 1. The number of amides is 3. The number of hydroxylamine groups is 1. The summed E-state index contributed by atoms with van der Waals surface area (Å²) in [5, 5.41) is 5.06. The highest BCUT2D eigenvalue weighted by atomic mass is 16.6. The van der Waals surface area contributed by atoms with Crippen molar-refractivity contribution >= 4 is 29.8 Å². The van der Waals surface area contributed by atoms with E-state index in [0.717, 1.165) is 16.7 Å². The maximum atomic E-state index is 13.5. The van der Waals surface area contributed by atoms with Crippen LogP contribution in [0.4, 0.5) is 4.79 Å². The van der Waals surface area contributed by atoms with Crippen LogP contribution >= 0.6 is 0 Å². The number of hydrogen-bond donors (Lipinski definition) is 3. The van der Waals surface area contributed by atoms with Crippen LogP contribution in [0.3, 0.4) is 0 Å². The van der Waals surface area contributed by atoms with Crippen molar-refractivity contribution in [3.63, 3.8) is 0 Å². The van der Waals surface area contributed by atoms with E-state index in [1.165, 1.54) is 0 Å². The van der Waals surface area contributed by atoms with Gasteiger partial charge in [0.2, 0.25) is 11.8 Å². The second-order valence-electron chi connectivity index (χ2n) is 11.9. The lowest BCUT2D eigenvalue weighted by molar-refractivity contribution is -0.151. The third-order valence-electron chi connectivity index (χ3n) is 6.64. The number of ether oxygens (including phenoxy) is 3. The summed E-state index contributed by atoms with van der Waals surface area (Å²) < 4.78 is 16.1. The van der Waals surface area contributed by atoms with Crippen LogP contribution in [0.2, 0.25) is 0 Å². The number of nitrogens with one attached hydrogen (secondary N) is 3. The third-order valence-corrected chi connectivity index (χ3v) is 6.64. The van der Waals surface area contributed by atoms with Gasteiger partial charge < -0.3 is 24.8 Å². The Bertz CT molecular complexity index is 1460. The number of carbonyl (C=O) groups is 5. The Hall–Kier alpha value is -5.23. The van der Waals surface area contributed by atoms with E-state index < -0.39 is 47.5 Å². The van der Waals surface area contributed by atoms with E-state index in [1.54, 1.807) is 45.0 Å². The van der Waals surface area contributed by atoms with Gasteiger partial charge >= 0.3 is 18.0 Å². The lowest BCUT2D eigenvalue weighted by Gasteiger charge is -2.25. The highest BCUT2D eigenvalue weighted by molar-refractivity contribution is 5.90. The molecule has 0 radical (unpaired) electrons. The van der Waals surface area contributed by atoms with Gasteiger partial charge in [0.05, 0.1) is 6.61 Å². The van der Waals surface area contributed by atoms with E-state index in [4.69, 9.17) is 19.0 Å². The van der Waals surface area contributed by atoms with Gasteiger partial charge in [-0.1, -0.05) is 91.0 Å². The standard InChI is InChI=1S/C36H43N3O9/c1-36(2,3)48-35(44)38-29(19-21-31(40)39-47-25-28-17-11-6-12-18-28)33(42)37-30(34(43)46-24-27-15-9-5-10-16-27)20-22-32(41)45-23-26-13-7-4-8-14-26/h4-18,29-30H,19-25H2,1-3H3,(H,37,42)(H,38,44)(H,39,40). The van der Waals surface area contributed by atoms with E-state index >= 15 is 0 Å². The van der Waals surface area contributed by atoms with E-state index in [2.05, 4.69) is 16.1 Å². The molecule has 3 N–H and O–H groups in total. The first-order valence-corrected chi connectivity index (χ1v) is 15.6. The summed E-state index contributed by atoms with van der Waals surface area (Å²) in [7, 11) is 0. The van der Waals surface area contributed by atoms with Gasteiger partial charge in [0, 0.05) is 12.8 Å². The molecule has 3 rings (SSSR count). The molecule has 0 aliphatic heterocycles. The summed E-state index contributed by atoms with van der Waals surface area (Å²) in [6, 6.07) is 24.7. The minimum atomic E-state index is -1.28. The number of benzene rings is 3. The molecule has 2 atom stereocenters. The normalized spacial score (nSPS) is 12.1. The van der Waals surface area contributed by atoms with Crippen LogP contribution < -0.4 is 16.1 Å². The van der Waals surface area contributed by atoms with Crippen LogP contribution in [0.25, 0.3) is 0 Å². The summed E-state index contributed by atoms with van der Waals surface area (Å²) in [5.41, 5.74) is 3.82. The third kappa shape index (κ3) is 14.9. The van der Waals surface area contributed by atoms with Gasteiger partial charge in [0.15, 0.2) is 0 Å². The number of rotatable bonds is 17. The number of hydrogen-bond acceptors (Lipinski definition) is 9. The van der Waals surface area contributed by atoms with Crippen molar-refractivity contribution in [1.82, 2.24) is 16.1 Å². The van der Waals surface area contributed by atoms with Gasteiger partial charge in [-0.15, -0.1) is 0 Å². The van der Waals surface area contributed by atoms with Crippen molar-refractivity contribution in [2.24, 2.45) is 0 Å². The van der Waals surface area contributed by atoms with Crippen LogP contribution in [-0.4, -0.2) is 47.5 Å². The van der Waals surface area contributed by atoms with Crippen molar-refractivity contribution in [2.75, 3.05) is 0 Å². The molecule has 3 aromatic rings. The summed E-state index contributed by atoms with van der Waals surface area (Å²) >= 11 is 0. The SMILES string of the molecule is CC(C)(C)OC(=O)NC(CCC(=O)NOCc1ccccc1)C(=O)NC(CCC(=O)OCc1ccccc1)C(=O)OCc1ccccc1. The molecule has 0 heterocycles. The zero-order chi connectivity index (χ0) is 34.8. The smallest absolute Gasteiger partial charge is 0.408 e. The van der Waals surface area contributed by atoms with Crippen LogP contribution in [0, 0.1) is 0 Å². The highest BCUT2D eigenvalue weighted by Crippen LogP contribution is 2.11. The van der Waals surface area contributed by atoms with E-state index in [9.17, 15) is 24.0 Å². The molecular weight excluding hydrogens is 618 g/mol. The fourth-order valence-corrected chi connectivity index (χ4v) is 4.24. The molecule has 48 heavy (non-hydrogen) atoms. The predicted octanol–water partition coefficient (Wildman–Crippen LogP) is 4.66. The molecule has 0 aliphatic carbocycles. The Morgan fingerprint density at radius 2 is 1.12 bits per heavy atom. The molecule has 0 aliphatic rings. The van der Waals surface area contributed by atoms with Gasteiger partial charge in [-0.2, -0.15) is 0 Å². The lowest BCUT2D eigenvalue weighted by Crippen LogP contribution is -2.53. The van der Waals surface area contributed by atoms with E-state index in [1.807, 2.05) is 66.7 Å². The van der Waals surface area contributed by atoms with Crippen LogP contribution in [0.1, 0.15) is 63.1 Å². The maximum Gasteiger partial charge on any atom is 0.408 e. The van der Waals surface area contributed by atoms with Crippen molar-refractivity contribution in [2.45, 2.75) is 84.0 Å². The molecule has 3 amide bonds. The van der Waals surface area contributed by atoms with Crippen molar-refractivity contribution in [1.29, 1.82) is 0 Å². The molecule has 0 aromatic heterocycles. The molecule has 0 saturated heterocycles. The molecule has 0 spiro atoms. The van der Waals surface area contributed by atoms with Crippen molar-refractivity contribution in [3.8, 4) is 0 Å². The van der Waals surface area contributed by atoms with Gasteiger partial charge in [-0.05, 0) is 50.3 Å². The van der Waals surface area contributed by atoms with Gasteiger partial charge in [0.1, 0.15) is 30.9 Å². The molecule has 12 nitrogen and oxygen atoms in total. The Labute approximate surface area is 280 Å². The van der Waals surface area contributed by atoms with Crippen molar-refractivity contribution in [3.05, 3.63) is 108 Å². The second kappa shape index (κ2) is 19.4. The lowest BCUT2D eigenvalue weighted by atomic mass is 10.1. The summed E-state index contributed by atoms with van der Waals surface area (Å²) in [6.07, 6.45) is -1.60. The first-order valence-electron chi connectivity index (χ1n) is 15.6. The number of carbonyl (C=O) groups excluding carboxylic acids is 5. The molecule has 0 bridgehead atoms. The van der Waals surface area contributed by atoms with Gasteiger partial charge in [0.25, 0.3) is 0 Å². The van der Waals surface area contributed by atoms with Gasteiger partial charge in [-0.25, -0.2) is 15.1 Å². The van der Waals surface area contributed by atoms with E-state index in [0.29, 0.717) is 0 Å². The Morgan fingerprint density at radius 1 is 0.625 bits per heavy atom. The maximum absolute atomic E-state index is 13.5. The number of esters is 2. The zero-order valence-electron chi connectivity index (χ0n) is 27.4. The van der Waals surface area contributed by atoms with Crippen molar-refractivity contribution < 1.29 is 43.0 Å². The van der Waals surface area contributed by atoms with Crippen LogP contribution in [-0.2, 0) is 58.0 Å². The Morgan fingerprint density at radius 3 is 1.67 bits per heavy atom.